The second-order valence-electron chi connectivity index (χ2n) is 5.80. The van der Waals surface area contributed by atoms with Crippen LogP contribution in [0.2, 0.25) is 0 Å². The van der Waals surface area contributed by atoms with Gasteiger partial charge in [0.15, 0.2) is 0 Å². The number of aliphatic hydroxyl groups is 1. The van der Waals surface area contributed by atoms with E-state index in [-0.39, 0.29) is 5.69 Å². The standard InChI is InChI=1S/C13H17F3N2O3/c1-11(2,12(3,4)19)17-9-6-5-8(13(14,15)16)7-10(9)18(20)21/h5-7,17,19H,1-4H3. The Morgan fingerprint density at radius 3 is 2.10 bits per heavy atom. The van der Waals surface area contributed by atoms with Crippen LogP contribution in [-0.4, -0.2) is 21.2 Å². The molecule has 8 heteroatoms. The van der Waals surface area contributed by atoms with Gasteiger partial charge in [-0.1, -0.05) is 0 Å². The van der Waals surface area contributed by atoms with Crippen molar-refractivity contribution in [3.8, 4) is 0 Å². The number of benzene rings is 1. The molecule has 0 fully saturated rings. The predicted octanol–water partition coefficient (Wildman–Crippen LogP) is 3.58. The largest absolute Gasteiger partial charge is 0.416 e. The number of nitro groups is 1. The summed E-state index contributed by atoms with van der Waals surface area (Å²) in [6, 6.07) is 2.23. The molecule has 0 aliphatic heterocycles. The van der Waals surface area contributed by atoms with Gasteiger partial charge in [0.2, 0.25) is 0 Å². The first-order chi connectivity index (χ1) is 9.25. The van der Waals surface area contributed by atoms with Gasteiger partial charge in [-0.25, -0.2) is 0 Å². The maximum absolute atomic E-state index is 12.6. The molecule has 0 radical (unpaired) electrons. The van der Waals surface area contributed by atoms with E-state index < -0.39 is 33.5 Å². The van der Waals surface area contributed by atoms with Crippen molar-refractivity contribution in [3.63, 3.8) is 0 Å². The summed E-state index contributed by atoms with van der Waals surface area (Å²) in [5, 5.41) is 23.7. The lowest BCUT2D eigenvalue weighted by Gasteiger charge is -2.38. The van der Waals surface area contributed by atoms with Crippen LogP contribution in [0, 0.1) is 10.1 Å². The number of anilines is 1. The molecule has 0 aromatic heterocycles. The highest BCUT2D eigenvalue weighted by Crippen LogP contribution is 2.37. The van der Waals surface area contributed by atoms with E-state index in [4.69, 9.17) is 0 Å². The molecule has 0 aliphatic rings. The Labute approximate surface area is 119 Å². The van der Waals surface area contributed by atoms with Gasteiger partial charge in [0, 0.05) is 6.07 Å². The smallest absolute Gasteiger partial charge is 0.388 e. The molecule has 0 bridgehead atoms. The van der Waals surface area contributed by atoms with Gasteiger partial charge in [-0.05, 0) is 39.8 Å². The number of nitrogens with one attached hydrogen (secondary N) is 1. The topological polar surface area (TPSA) is 75.4 Å². The molecule has 0 unspecified atom stereocenters. The molecule has 118 valence electrons. The Hall–Kier alpha value is -1.83. The van der Waals surface area contributed by atoms with Crippen molar-refractivity contribution in [2.45, 2.75) is 45.0 Å². The number of hydrogen-bond acceptors (Lipinski definition) is 4. The molecule has 0 aliphatic carbocycles. The third-order valence-electron chi connectivity index (χ3n) is 3.50. The first-order valence-corrected chi connectivity index (χ1v) is 6.12. The van der Waals surface area contributed by atoms with E-state index >= 15 is 0 Å². The first-order valence-electron chi connectivity index (χ1n) is 6.12. The molecule has 2 N–H and O–H groups in total. The number of halogens is 3. The molecule has 0 amide bonds. The van der Waals surface area contributed by atoms with E-state index in [1.165, 1.54) is 13.8 Å². The minimum Gasteiger partial charge on any atom is -0.388 e. The summed E-state index contributed by atoms with van der Waals surface area (Å²) in [5.74, 6) is 0. The van der Waals surface area contributed by atoms with Crippen LogP contribution >= 0.6 is 0 Å². The zero-order valence-electron chi connectivity index (χ0n) is 12.1. The lowest BCUT2D eigenvalue weighted by Crippen LogP contribution is -2.51. The number of nitrogens with zero attached hydrogens (tertiary/aromatic N) is 1. The van der Waals surface area contributed by atoms with E-state index in [9.17, 15) is 28.4 Å². The zero-order valence-corrected chi connectivity index (χ0v) is 12.1. The van der Waals surface area contributed by atoms with Gasteiger partial charge in [-0.2, -0.15) is 13.2 Å². The number of hydrogen-bond donors (Lipinski definition) is 2. The van der Waals surface area contributed by atoms with E-state index in [1.54, 1.807) is 13.8 Å². The number of nitro benzene ring substituents is 1. The second kappa shape index (κ2) is 5.18. The maximum Gasteiger partial charge on any atom is 0.416 e. The average molecular weight is 306 g/mol. The zero-order chi connectivity index (χ0) is 16.6. The summed E-state index contributed by atoms with van der Waals surface area (Å²) in [6.07, 6.45) is -4.66. The normalized spacial score (nSPS) is 13.1. The van der Waals surface area contributed by atoms with Crippen molar-refractivity contribution in [2.24, 2.45) is 0 Å². The van der Waals surface area contributed by atoms with Crippen molar-refractivity contribution in [3.05, 3.63) is 33.9 Å². The fourth-order valence-corrected chi connectivity index (χ4v) is 1.45. The summed E-state index contributed by atoms with van der Waals surface area (Å²) in [5.41, 5.74) is -4.11. The minimum absolute atomic E-state index is 0.0832. The van der Waals surface area contributed by atoms with Crippen LogP contribution in [0.25, 0.3) is 0 Å². The molecule has 0 atom stereocenters. The van der Waals surface area contributed by atoms with Gasteiger partial charge >= 0.3 is 6.18 Å². The lowest BCUT2D eigenvalue weighted by atomic mass is 9.85. The Bertz CT molecular complexity index is 549. The predicted molar refractivity (Wildman–Crippen MR) is 72.1 cm³/mol. The summed E-state index contributed by atoms with van der Waals surface area (Å²) in [7, 11) is 0. The highest BCUT2D eigenvalue weighted by atomic mass is 19.4. The van der Waals surface area contributed by atoms with E-state index in [0.717, 1.165) is 12.1 Å². The fourth-order valence-electron chi connectivity index (χ4n) is 1.45. The van der Waals surface area contributed by atoms with Gasteiger partial charge in [0.05, 0.1) is 21.6 Å². The summed E-state index contributed by atoms with van der Waals surface area (Å²) >= 11 is 0. The number of rotatable bonds is 4. The van der Waals surface area contributed by atoms with Crippen LogP contribution in [0.3, 0.4) is 0 Å². The van der Waals surface area contributed by atoms with Crippen LogP contribution in [0.1, 0.15) is 33.3 Å². The Morgan fingerprint density at radius 1 is 1.19 bits per heavy atom. The molecule has 0 heterocycles. The van der Waals surface area contributed by atoms with E-state index in [0.29, 0.717) is 6.07 Å². The molecule has 1 aromatic rings. The van der Waals surface area contributed by atoms with Gasteiger partial charge in [0.25, 0.3) is 5.69 Å². The highest BCUT2D eigenvalue weighted by Gasteiger charge is 2.38. The monoisotopic (exact) mass is 306 g/mol. The Balaban J connectivity index is 3.29. The van der Waals surface area contributed by atoms with Crippen LogP contribution in [0.5, 0.6) is 0 Å². The highest BCUT2D eigenvalue weighted by molar-refractivity contribution is 5.64. The van der Waals surface area contributed by atoms with E-state index in [1.807, 2.05) is 0 Å². The lowest BCUT2D eigenvalue weighted by molar-refractivity contribution is -0.384. The Kier molecular flexibility index (Phi) is 4.24. The molecule has 1 aromatic carbocycles. The molecular weight excluding hydrogens is 289 g/mol. The van der Waals surface area contributed by atoms with Crippen LogP contribution in [-0.2, 0) is 6.18 Å². The molecule has 0 saturated heterocycles. The van der Waals surface area contributed by atoms with Crippen LogP contribution in [0.4, 0.5) is 24.5 Å². The number of alkyl halides is 3. The minimum atomic E-state index is -4.66. The summed E-state index contributed by atoms with van der Waals surface area (Å²) in [4.78, 5) is 10.1. The molecule has 0 saturated carbocycles. The van der Waals surface area contributed by atoms with Crippen molar-refractivity contribution < 1.29 is 23.2 Å². The molecule has 0 spiro atoms. The summed E-state index contributed by atoms with van der Waals surface area (Å²) < 4.78 is 37.8. The molecule has 21 heavy (non-hydrogen) atoms. The first kappa shape index (κ1) is 17.2. The van der Waals surface area contributed by atoms with E-state index in [2.05, 4.69) is 5.32 Å². The second-order valence-corrected chi connectivity index (χ2v) is 5.80. The van der Waals surface area contributed by atoms with Crippen LogP contribution < -0.4 is 5.32 Å². The molecule has 1 rings (SSSR count). The quantitative estimate of drug-likeness (QED) is 0.658. The summed E-state index contributed by atoms with van der Waals surface area (Å²) in [6.45, 7) is 6.18. The van der Waals surface area contributed by atoms with Gasteiger partial charge in [0.1, 0.15) is 5.69 Å². The van der Waals surface area contributed by atoms with Gasteiger partial charge < -0.3 is 10.4 Å². The molecular formula is C13H17F3N2O3. The third kappa shape index (κ3) is 3.84. The van der Waals surface area contributed by atoms with Crippen LogP contribution in [0.15, 0.2) is 18.2 Å². The Morgan fingerprint density at radius 2 is 1.71 bits per heavy atom. The van der Waals surface area contributed by atoms with Crippen molar-refractivity contribution in [1.82, 2.24) is 0 Å². The SMILES string of the molecule is CC(C)(O)C(C)(C)Nc1ccc(C(F)(F)F)cc1[N+](=O)[O-]. The van der Waals surface area contributed by atoms with Gasteiger partial charge in [-0.15, -0.1) is 0 Å². The third-order valence-corrected chi connectivity index (χ3v) is 3.50. The fraction of sp³-hybridized carbons (Fsp3) is 0.538. The van der Waals surface area contributed by atoms with Crippen molar-refractivity contribution >= 4 is 11.4 Å². The average Bonchev–Trinajstić information content (AvgIpc) is 2.25. The molecule has 5 nitrogen and oxygen atoms in total. The van der Waals surface area contributed by atoms with Crippen molar-refractivity contribution in [2.75, 3.05) is 5.32 Å². The van der Waals surface area contributed by atoms with Gasteiger partial charge in [-0.3, -0.25) is 10.1 Å². The maximum atomic E-state index is 12.6. The van der Waals surface area contributed by atoms with Crippen molar-refractivity contribution in [1.29, 1.82) is 0 Å².